The van der Waals surface area contributed by atoms with E-state index in [1.54, 1.807) is 18.4 Å². The molecule has 0 aliphatic carbocycles. The molecule has 0 atom stereocenters. The van der Waals surface area contributed by atoms with Gasteiger partial charge in [-0.15, -0.1) is 11.3 Å². The Hall–Kier alpha value is -3.68. The summed E-state index contributed by atoms with van der Waals surface area (Å²) in [7, 11) is 0. The van der Waals surface area contributed by atoms with Gasteiger partial charge in [0.05, 0.1) is 24.7 Å². The number of nitrogens with one attached hydrogen (secondary N) is 1. The van der Waals surface area contributed by atoms with Crippen LogP contribution in [0.3, 0.4) is 0 Å². The van der Waals surface area contributed by atoms with Gasteiger partial charge in [-0.25, -0.2) is 4.98 Å². The van der Waals surface area contributed by atoms with Crippen LogP contribution in [-0.2, 0) is 19.6 Å². The first-order chi connectivity index (χ1) is 15.7. The molecule has 0 saturated carbocycles. The average molecular weight is 444 g/mol. The third kappa shape index (κ3) is 4.21. The molecule has 32 heavy (non-hydrogen) atoms. The van der Waals surface area contributed by atoms with Crippen LogP contribution in [0.1, 0.15) is 17.1 Å². The number of thiophene rings is 1. The SMILES string of the molecule is O=c1[nH]c(CN(Cc2ccco2)Cc2ccccc2O)nc2scc(-c3ccccc3)c12. The largest absolute Gasteiger partial charge is 0.508 e. The third-order valence-electron chi connectivity index (χ3n) is 5.30. The number of rotatable bonds is 7. The Balaban J connectivity index is 1.47. The molecule has 2 N–H and O–H groups in total. The maximum atomic E-state index is 13.0. The van der Waals surface area contributed by atoms with Gasteiger partial charge in [-0.1, -0.05) is 48.5 Å². The minimum Gasteiger partial charge on any atom is -0.508 e. The standard InChI is InChI=1S/C25H21N3O3S/c29-21-11-5-4-9-18(21)13-28(14-19-10-6-12-31-19)15-22-26-24(30)23-20(16-32-25(23)27-22)17-7-2-1-3-8-17/h1-12,16,29H,13-15H2,(H,26,27,30). The molecule has 0 radical (unpaired) electrons. The molecule has 0 unspecified atom stereocenters. The van der Waals surface area contributed by atoms with Gasteiger partial charge in [0.15, 0.2) is 0 Å². The molecule has 3 heterocycles. The summed E-state index contributed by atoms with van der Waals surface area (Å²) in [4.78, 5) is 23.5. The molecule has 6 nitrogen and oxygen atoms in total. The Bertz CT molecular complexity index is 1390. The molecule has 0 fully saturated rings. The molecule has 7 heteroatoms. The zero-order valence-corrected chi connectivity index (χ0v) is 18.0. The van der Waals surface area contributed by atoms with E-state index in [0.717, 1.165) is 22.5 Å². The summed E-state index contributed by atoms with van der Waals surface area (Å²) in [6.45, 7) is 1.40. The van der Waals surface area contributed by atoms with Gasteiger partial charge >= 0.3 is 0 Å². The maximum Gasteiger partial charge on any atom is 0.260 e. The molecule has 5 rings (SSSR count). The Morgan fingerprint density at radius 3 is 2.56 bits per heavy atom. The molecule has 0 bridgehead atoms. The van der Waals surface area contributed by atoms with Crippen molar-refractivity contribution in [1.29, 1.82) is 0 Å². The van der Waals surface area contributed by atoms with E-state index in [9.17, 15) is 9.90 Å². The monoisotopic (exact) mass is 443 g/mol. The second-order valence-corrected chi connectivity index (χ2v) is 8.42. The Kier molecular flexibility index (Phi) is 5.58. The molecule has 3 aromatic heterocycles. The van der Waals surface area contributed by atoms with E-state index < -0.39 is 0 Å². The fourth-order valence-electron chi connectivity index (χ4n) is 3.79. The summed E-state index contributed by atoms with van der Waals surface area (Å²) in [6.07, 6.45) is 1.64. The summed E-state index contributed by atoms with van der Waals surface area (Å²) >= 11 is 1.47. The van der Waals surface area contributed by atoms with Crippen molar-refractivity contribution in [2.75, 3.05) is 0 Å². The van der Waals surface area contributed by atoms with Crippen LogP contribution in [-0.4, -0.2) is 20.0 Å². The first kappa shape index (κ1) is 20.2. The van der Waals surface area contributed by atoms with Crippen LogP contribution in [0.5, 0.6) is 5.75 Å². The fraction of sp³-hybridized carbons (Fsp3) is 0.120. The number of hydrogen-bond donors (Lipinski definition) is 2. The molecule has 0 saturated heterocycles. The van der Waals surface area contributed by atoms with Crippen molar-refractivity contribution < 1.29 is 9.52 Å². The van der Waals surface area contributed by atoms with Crippen LogP contribution in [0.4, 0.5) is 0 Å². The number of hydrogen-bond acceptors (Lipinski definition) is 6. The lowest BCUT2D eigenvalue weighted by Gasteiger charge is -2.21. The van der Waals surface area contributed by atoms with E-state index in [0.29, 0.717) is 35.7 Å². The number of aromatic hydroxyl groups is 1. The highest BCUT2D eigenvalue weighted by Crippen LogP contribution is 2.30. The number of phenols is 1. The Labute approximate surface area is 188 Å². The quantitative estimate of drug-likeness (QED) is 0.363. The number of fused-ring (bicyclic) bond motifs is 1. The number of aromatic amines is 1. The number of benzene rings is 2. The molecule has 0 aliphatic heterocycles. The van der Waals surface area contributed by atoms with Crippen LogP contribution in [0.15, 0.2) is 87.6 Å². The summed E-state index contributed by atoms with van der Waals surface area (Å²) in [5, 5.41) is 12.8. The van der Waals surface area contributed by atoms with Crippen molar-refractivity contribution >= 4 is 21.6 Å². The second kappa shape index (κ2) is 8.82. The highest BCUT2D eigenvalue weighted by atomic mass is 32.1. The normalized spacial score (nSPS) is 11.4. The van der Waals surface area contributed by atoms with Crippen molar-refractivity contribution in [3.63, 3.8) is 0 Å². The lowest BCUT2D eigenvalue weighted by Crippen LogP contribution is -2.25. The first-order valence-corrected chi connectivity index (χ1v) is 11.1. The summed E-state index contributed by atoms with van der Waals surface area (Å²) in [6, 6.07) is 20.8. The number of aromatic nitrogens is 2. The van der Waals surface area contributed by atoms with E-state index in [4.69, 9.17) is 9.40 Å². The summed E-state index contributed by atoms with van der Waals surface area (Å²) in [5.74, 6) is 1.61. The van der Waals surface area contributed by atoms with Crippen LogP contribution >= 0.6 is 11.3 Å². The van der Waals surface area contributed by atoms with E-state index >= 15 is 0 Å². The summed E-state index contributed by atoms with van der Waals surface area (Å²) < 4.78 is 5.52. The van der Waals surface area contributed by atoms with Crippen LogP contribution < -0.4 is 5.56 Å². The minimum absolute atomic E-state index is 0.148. The number of furan rings is 1. The predicted octanol–water partition coefficient (Wildman–Crippen LogP) is 5.15. The molecule has 5 aromatic rings. The molecule has 0 amide bonds. The van der Waals surface area contributed by atoms with E-state index in [1.807, 2.05) is 60.0 Å². The predicted molar refractivity (Wildman–Crippen MR) is 125 cm³/mol. The Morgan fingerprint density at radius 2 is 1.78 bits per heavy atom. The van der Waals surface area contributed by atoms with Crippen molar-refractivity contribution in [3.05, 3.63) is 106 Å². The van der Waals surface area contributed by atoms with Gasteiger partial charge in [-0.3, -0.25) is 9.69 Å². The summed E-state index contributed by atoms with van der Waals surface area (Å²) in [5.41, 5.74) is 2.54. The molecular formula is C25H21N3O3S. The molecule has 0 aliphatic rings. The number of H-pyrrole nitrogens is 1. The Morgan fingerprint density at radius 1 is 0.969 bits per heavy atom. The van der Waals surface area contributed by atoms with Gasteiger partial charge in [0.25, 0.3) is 5.56 Å². The fourth-order valence-corrected chi connectivity index (χ4v) is 4.75. The highest BCUT2D eigenvalue weighted by Gasteiger charge is 2.16. The zero-order valence-electron chi connectivity index (χ0n) is 17.2. The van der Waals surface area contributed by atoms with Gasteiger partial charge in [-0.05, 0) is 23.8 Å². The van der Waals surface area contributed by atoms with Crippen LogP contribution in [0.25, 0.3) is 21.3 Å². The number of para-hydroxylation sites is 1. The van der Waals surface area contributed by atoms with Crippen molar-refractivity contribution in [2.45, 2.75) is 19.6 Å². The van der Waals surface area contributed by atoms with Crippen molar-refractivity contribution in [3.8, 4) is 16.9 Å². The molecule has 160 valence electrons. The number of phenolic OH excluding ortho intramolecular Hbond substituents is 1. The zero-order chi connectivity index (χ0) is 21.9. The van der Waals surface area contributed by atoms with Crippen molar-refractivity contribution in [1.82, 2.24) is 14.9 Å². The lowest BCUT2D eigenvalue weighted by atomic mass is 10.1. The highest BCUT2D eigenvalue weighted by molar-refractivity contribution is 7.17. The van der Waals surface area contributed by atoms with Gasteiger partial charge in [-0.2, -0.15) is 0 Å². The first-order valence-electron chi connectivity index (χ1n) is 10.2. The number of nitrogens with zero attached hydrogens (tertiary/aromatic N) is 2. The third-order valence-corrected chi connectivity index (χ3v) is 6.17. The van der Waals surface area contributed by atoms with E-state index in [1.165, 1.54) is 11.3 Å². The van der Waals surface area contributed by atoms with Gasteiger partial charge in [0, 0.05) is 23.1 Å². The van der Waals surface area contributed by atoms with Crippen molar-refractivity contribution in [2.24, 2.45) is 0 Å². The average Bonchev–Trinajstić information content (AvgIpc) is 3.46. The van der Waals surface area contributed by atoms with Crippen LogP contribution in [0, 0.1) is 0 Å². The van der Waals surface area contributed by atoms with Gasteiger partial charge in [0.1, 0.15) is 22.2 Å². The smallest absolute Gasteiger partial charge is 0.260 e. The minimum atomic E-state index is -0.148. The van der Waals surface area contributed by atoms with Gasteiger partial charge < -0.3 is 14.5 Å². The van der Waals surface area contributed by atoms with Crippen LogP contribution in [0.2, 0.25) is 0 Å². The van der Waals surface area contributed by atoms with E-state index in [2.05, 4.69) is 9.88 Å². The topological polar surface area (TPSA) is 82.4 Å². The second-order valence-electron chi connectivity index (χ2n) is 7.56. The molecular weight excluding hydrogens is 422 g/mol. The van der Waals surface area contributed by atoms with Gasteiger partial charge in [0.2, 0.25) is 0 Å². The lowest BCUT2D eigenvalue weighted by molar-refractivity contribution is 0.219. The van der Waals surface area contributed by atoms with E-state index in [-0.39, 0.29) is 11.3 Å². The maximum absolute atomic E-state index is 13.0. The molecule has 0 spiro atoms. The molecule has 2 aromatic carbocycles.